The lowest BCUT2D eigenvalue weighted by atomic mass is 9.93. The van der Waals surface area contributed by atoms with Gasteiger partial charge in [0.15, 0.2) is 4.80 Å². The molecule has 5 heteroatoms. The molecule has 2 aromatic rings. The molecule has 1 aromatic carbocycles. The van der Waals surface area contributed by atoms with Crippen molar-refractivity contribution in [1.29, 1.82) is 0 Å². The molecule has 1 aromatic heterocycles. The molecule has 134 valence electrons. The van der Waals surface area contributed by atoms with Gasteiger partial charge < -0.3 is 4.57 Å². The second-order valence-electron chi connectivity index (χ2n) is 7.96. The lowest BCUT2D eigenvalue weighted by molar-refractivity contribution is 0.0997. The standard InChI is InChI=1S/C20H25BrN2OS/c1-12-7-6-8-15(16(12)21)18(24)22-19-23(11-14-9-10-14)13(2)17(25-19)20(3,4)5/h6-8,14H,9-11H2,1-5H3. The summed E-state index contributed by atoms with van der Waals surface area (Å²) in [5.41, 5.74) is 2.98. The smallest absolute Gasteiger partial charge is 0.280 e. The number of nitrogens with zero attached hydrogens (tertiary/aromatic N) is 2. The van der Waals surface area contributed by atoms with Crippen LogP contribution in [0.1, 0.15) is 60.1 Å². The van der Waals surface area contributed by atoms with Crippen LogP contribution in [-0.4, -0.2) is 10.5 Å². The topological polar surface area (TPSA) is 34.4 Å². The fourth-order valence-corrected chi connectivity index (χ4v) is 4.63. The molecule has 0 unspecified atom stereocenters. The zero-order chi connectivity index (χ0) is 18.4. The maximum absolute atomic E-state index is 12.8. The summed E-state index contributed by atoms with van der Waals surface area (Å²) in [5.74, 6) is 0.558. The molecule has 1 fully saturated rings. The average molecular weight is 421 g/mol. The summed E-state index contributed by atoms with van der Waals surface area (Å²) >= 11 is 5.19. The second kappa shape index (κ2) is 6.84. The molecule has 0 spiro atoms. The van der Waals surface area contributed by atoms with E-state index in [-0.39, 0.29) is 11.3 Å². The summed E-state index contributed by atoms with van der Waals surface area (Å²) in [5, 5.41) is 0. The number of amides is 1. The summed E-state index contributed by atoms with van der Waals surface area (Å²) in [6.45, 7) is 11.8. The van der Waals surface area contributed by atoms with Gasteiger partial charge in [-0.25, -0.2) is 0 Å². The summed E-state index contributed by atoms with van der Waals surface area (Å²) in [7, 11) is 0. The molecule has 1 saturated carbocycles. The van der Waals surface area contributed by atoms with Gasteiger partial charge in [0.05, 0.1) is 5.56 Å². The first-order valence-corrected chi connectivity index (χ1v) is 10.3. The van der Waals surface area contributed by atoms with E-state index >= 15 is 0 Å². The maximum Gasteiger partial charge on any atom is 0.280 e. The Morgan fingerprint density at radius 1 is 1.32 bits per heavy atom. The maximum atomic E-state index is 12.8. The van der Waals surface area contributed by atoms with Crippen molar-refractivity contribution >= 4 is 33.2 Å². The van der Waals surface area contributed by atoms with Gasteiger partial charge in [0, 0.05) is 21.6 Å². The van der Waals surface area contributed by atoms with Crippen LogP contribution in [0.3, 0.4) is 0 Å². The number of thiazole rings is 1. The van der Waals surface area contributed by atoms with Crippen molar-refractivity contribution in [1.82, 2.24) is 4.57 Å². The predicted molar refractivity (Wildman–Crippen MR) is 107 cm³/mol. The molecule has 0 bridgehead atoms. The van der Waals surface area contributed by atoms with Crippen LogP contribution < -0.4 is 4.80 Å². The molecule has 1 heterocycles. The highest BCUT2D eigenvalue weighted by atomic mass is 79.9. The lowest BCUT2D eigenvalue weighted by Crippen LogP contribution is -2.20. The first-order chi connectivity index (χ1) is 11.7. The Hall–Kier alpha value is -1.20. The second-order valence-corrected chi connectivity index (χ2v) is 9.73. The number of hydrogen-bond donors (Lipinski definition) is 0. The van der Waals surface area contributed by atoms with Gasteiger partial charge >= 0.3 is 0 Å². The SMILES string of the molecule is Cc1cccc(C(=O)N=c2sc(C(C)(C)C)c(C)n2CC2CC2)c1Br. The van der Waals surface area contributed by atoms with E-state index in [9.17, 15) is 4.79 Å². The Labute approximate surface area is 161 Å². The summed E-state index contributed by atoms with van der Waals surface area (Å²) in [4.78, 5) is 19.5. The molecule has 1 aliphatic carbocycles. The van der Waals surface area contributed by atoms with Crippen LogP contribution in [0.2, 0.25) is 0 Å². The minimum Gasteiger partial charge on any atom is -0.320 e. The van der Waals surface area contributed by atoms with Crippen molar-refractivity contribution in [3.05, 3.63) is 49.2 Å². The summed E-state index contributed by atoms with van der Waals surface area (Å²) < 4.78 is 3.09. The van der Waals surface area contributed by atoms with Gasteiger partial charge in [-0.15, -0.1) is 11.3 Å². The van der Waals surface area contributed by atoms with Gasteiger partial charge in [-0.2, -0.15) is 4.99 Å². The van der Waals surface area contributed by atoms with Gasteiger partial charge in [-0.3, -0.25) is 4.79 Å². The molecule has 0 radical (unpaired) electrons. The molecule has 1 amide bonds. The van der Waals surface area contributed by atoms with E-state index in [1.807, 2.05) is 25.1 Å². The molecule has 0 atom stereocenters. The summed E-state index contributed by atoms with van der Waals surface area (Å²) in [6, 6.07) is 5.72. The number of rotatable bonds is 3. The Balaban J connectivity index is 2.09. The molecule has 0 N–H and O–H groups in total. The molecule has 3 rings (SSSR count). The number of benzene rings is 1. The van der Waals surface area contributed by atoms with Gasteiger partial charge in [0.25, 0.3) is 5.91 Å². The van der Waals surface area contributed by atoms with Gasteiger partial charge in [-0.05, 0) is 65.6 Å². The van der Waals surface area contributed by atoms with Crippen molar-refractivity contribution < 1.29 is 4.79 Å². The minimum absolute atomic E-state index is 0.0563. The predicted octanol–water partition coefficient (Wildman–Crippen LogP) is 5.38. The lowest BCUT2D eigenvalue weighted by Gasteiger charge is -2.17. The largest absolute Gasteiger partial charge is 0.320 e. The van der Waals surface area contributed by atoms with Crippen LogP contribution in [0.4, 0.5) is 0 Å². The van der Waals surface area contributed by atoms with E-state index in [1.165, 1.54) is 23.4 Å². The van der Waals surface area contributed by atoms with Gasteiger partial charge in [0.1, 0.15) is 0 Å². The van der Waals surface area contributed by atoms with Crippen LogP contribution >= 0.6 is 27.3 Å². The zero-order valence-corrected chi connectivity index (χ0v) is 17.9. The van der Waals surface area contributed by atoms with E-state index in [0.29, 0.717) is 5.56 Å². The molecule has 3 nitrogen and oxygen atoms in total. The number of aryl methyl sites for hydroxylation is 1. The van der Waals surface area contributed by atoms with Gasteiger partial charge in [-0.1, -0.05) is 32.9 Å². The Morgan fingerprint density at radius 3 is 2.60 bits per heavy atom. The zero-order valence-electron chi connectivity index (χ0n) is 15.5. The number of aromatic nitrogens is 1. The molecular formula is C20H25BrN2OS. The summed E-state index contributed by atoms with van der Waals surface area (Å²) in [6.07, 6.45) is 2.56. The highest BCUT2D eigenvalue weighted by Gasteiger charge is 2.27. The van der Waals surface area contributed by atoms with Crippen LogP contribution in [0.5, 0.6) is 0 Å². The minimum atomic E-state index is -0.179. The molecular weight excluding hydrogens is 396 g/mol. The van der Waals surface area contributed by atoms with Crippen molar-refractivity contribution in [3.8, 4) is 0 Å². The van der Waals surface area contributed by atoms with Gasteiger partial charge in [0.2, 0.25) is 0 Å². The third-order valence-corrected chi connectivity index (χ3v) is 7.25. The highest BCUT2D eigenvalue weighted by Crippen LogP contribution is 2.33. The van der Waals surface area contributed by atoms with Crippen molar-refractivity contribution in [3.63, 3.8) is 0 Å². The highest BCUT2D eigenvalue weighted by molar-refractivity contribution is 9.10. The fraction of sp³-hybridized carbons (Fsp3) is 0.500. The van der Waals surface area contributed by atoms with E-state index < -0.39 is 0 Å². The Kier molecular flexibility index (Phi) is 5.09. The average Bonchev–Trinajstić information content (AvgIpc) is 3.28. The number of halogens is 1. The van der Waals surface area contributed by atoms with E-state index in [2.05, 4.69) is 53.2 Å². The third kappa shape index (κ3) is 3.98. The Morgan fingerprint density at radius 2 is 2.00 bits per heavy atom. The monoisotopic (exact) mass is 420 g/mol. The van der Waals surface area contributed by atoms with Crippen molar-refractivity contribution in [2.45, 2.75) is 59.4 Å². The first kappa shape index (κ1) is 18.6. The Bertz CT molecular complexity index is 882. The molecule has 0 saturated heterocycles. The third-order valence-electron chi connectivity index (χ3n) is 4.60. The molecule has 0 aliphatic heterocycles. The number of carbonyl (C=O) groups is 1. The van der Waals surface area contributed by atoms with Crippen LogP contribution in [0, 0.1) is 19.8 Å². The number of carbonyl (C=O) groups excluding carboxylic acids is 1. The normalized spacial score (nSPS) is 15.7. The van der Waals surface area contributed by atoms with Crippen LogP contribution in [0.15, 0.2) is 27.7 Å². The van der Waals surface area contributed by atoms with Crippen LogP contribution in [-0.2, 0) is 12.0 Å². The number of hydrogen-bond acceptors (Lipinski definition) is 2. The van der Waals surface area contributed by atoms with Crippen molar-refractivity contribution in [2.75, 3.05) is 0 Å². The van der Waals surface area contributed by atoms with Crippen LogP contribution in [0.25, 0.3) is 0 Å². The van der Waals surface area contributed by atoms with E-state index in [1.54, 1.807) is 11.3 Å². The van der Waals surface area contributed by atoms with E-state index in [4.69, 9.17) is 0 Å². The van der Waals surface area contributed by atoms with Crippen molar-refractivity contribution in [2.24, 2.45) is 10.9 Å². The van der Waals surface area contributed by atoms with E-state index in [0.717, 1.165) is 27.3 Å². The fourth-order valence-electron chi connectivity index (χ4n) is 3.00. The first-order valence-electron chi connectivity index (χ1n) is 8.73. The molecule has 1 aliphatic rings. The molecule has 25 heavy (non-hydrogen) atoms. The quantitative estimate of drug-likeness (QED) is 0.656.